The SMILES string of the molecule is COc1ccc(C2=CCC(=O)C2)cc1OC. The summed E-state index contributed by atoms with van der Waals surface area (Å²) in [6.45, 7) is 0. The van der Waals surface area contributed by atoms with Crippen LogP contribution in [-0.2, 0) is 4.79 Å². The molecule has 1 aliphatic rings. The smallest absolute Gasteiger partial charge is 0.161 e. The van der Waals surface area contributed by atoms with Gasteiger partial charge in [-0.25, -0.2) is 0 Å². The molecule has 0 N–H and O–H groups in total. The minimum absolute atomic E-state index is 0.268. The fraction of sp³-hybridized carbons (Fsp3) is 0.308. The molecule has 16 heavy (non-hydrogen) atoms. The van der Waals surface area contributed by atoms with Gasteiger partial charge in [0.1, 0.15) is 5.78 Å². The van der Waals surface area contributed by atoms with E-state index in [1.807, 2.05) is 24.3 Å². The van der Waals surface area contributed by atoms with E-state index in [-0.39, 0.29) is 5.78 Å². The topological polar surface area (TPSA) is 35.5 Å². The van der Waals surface area contributed by atoms with Crippen molar-refractivity contribution in [2.75, 3.05) is 14.2 Å². The summed E-state index contributed by atoms with van der Waals surface area (Å²) in [7, 11) is 3.21. The van der Waals surface area contributed by atoms with Crippen LogP contribution in [0, 0.1) is 0 Å². The van der Waals surface area contributed by atoms with Crippen LogP contribution < -0.4 is 9.47 Å². The minimum Gasteiger partial charge on any atom is -0.493 e. The van der Waals surface area contributed by atoms with E-state index < -0.39 is 0 Å². The number of ketones is 1. The zero-order chi connectivity index (χ0) is 11.5. The molecule has 0 aliphatic heterocycles. The van der Waals surface area contributed by atoms with Crippen molar-refractivity contribution < 1.29 is 14.3 Å². The lowest BCUT2D eigenvalue weighted by Crippen LogP contribution is -1.93. The number of ether oxygens (including phenoxy) is 2. The van der Waals surface area contributed by atoms with Crippen molar-refractivity contribution in [3.05, 3.63) is 29.8 Å². The highest BCUT2D eigenvalue weighted by atomic mass is 16.5. The molecule has 3 heteroatoms. The number of allylic oxidation sites excluding steroid dienone is 2. The highest BCUT2D eigenvalue weighted by Crippen LogP contribution is 2.33. The molecule has 84 valence electrons. The van der Waals surface area contributed by atoms with E-state index >= 15 is 0 Å². The van der Waals surface area contributed by atoms with Gasteiger partial charge in [0, 0.05) is 12.8 Å². The molecule has 0 saturated carbocycles. The van der Waals surface area contributed by atoms with Crippen LogP contribution in [-0.4, -0.2) is 20.0 Å². The van der Waals surface area contributed by atoms with Crippen LogP contribution in [0.2, 0.25) is 0 Å². The number of carbonyl (C=O) groups excluding carboxylic acids is 1. The van der Waals surface area contributed by atoms with Gasteiger partial charge in [-0.2, -0.15) is 0 Å². The lowest BCUT2D eigenvalue weighted by molar-refractivity contribution is -0.116. The van der Waals surface area contributed by atoms with Gasteiger partial charge in [0.15, 0.2) is 11.5 Å². The van der Waals surface area contributed by atoms with Gasteiger partial charge in [-0.05, 0) is 23.3 Å². The molecule has 0 heterocycles. The van der Waals surface area contributed by atoms with Crippen LogP contribution in [0.4, 0.5) is 0 Å². The third kappa shape index (κ3) is 1.94. The highest BCUT2D eigenvalue weighted by molar-refractivity contribution is 5.96. The van der Waals surface area contributed by atoms with E-state index in [4.69, 9.17) is 9.47 Å². The third-order valence-corrected chi connectivity index (χ3v) is 2.72. The Hall–Kier alpha value is -1.77. The highest BCUT2D eigenvalue weighted by Gasteiger charge is 2.15. The van der Waals surface area contributed by atoms with Crippen molar-refractivity contribution in [1.29, 1.82) is 0 Å². The molecular formula is C13H14O3. The first-order valence-electron chi connectivity index (χ1n) is 5.17. The van der Waals surface area contributed by atoms with E-state index in [1.165, 1.54) is 0 Å². The second-order valence-electron chi connectivity index (χ2n) is 3.72. The summed E-state index contributed by atoms with van der Waals surface area (Å²) in [6.07, 6.45) is 3.04. The molecule has 0 unspecified atom stereocenters. The number of benzene rings is 1. The van der Waals surface area contributed by atoms with Gasteiger partial charge in [0.2, 0.25) is 0 Å². The maximum atomic E-state index is 11.2. The summed E-state index contributed by atoms with van der Waals surface area (Å²) in [4.78, 5) is 11.2. The number of hydrogen-bond donors (Lipinski definition) is 0. The number of hydrogen-bond acceptors (Lipinski definition) is 3. The Balaban J connectivity index is 2.33. The van der Waals surface area contributed by atoms with Crippen LogP contribution in [0.5, 0.6) is 11.5 Å². The Morgan fingerprint density at radius 2 is 1.88 bits per heavy atom. The van der Waals surface area contributed by atoms with E-state index in [2.05, 4.69) is 0 Å². The predicted octanol–water partition coefficient (Wildman–Crippen LogP) is 2.45. The Bertz CT molecular complexity index is 446. The number of rotatable bonds is 3. The molecule has 1 aromatic rings. The Morgan fingerprint density at radius 3 is 2.44 bits per heavy atom. The molecule has 0 fully saturated rings. The zero-order valence-electron chi connectivity index (χ0n) is 9.45. The number of Topliss-reactive ketones (excluding diaryl/α,β-unsaturated/α-hetero) is 1. The van der Waals surface area contributed by atoms with Crippen LogP contribution in [0.15, 0.2) is 24.3 Å². The average Bonchev–Trinajstić information content (AvgIpc) is 2.75. The normalized spacial score (nSPS) is 14.9. The van der Waals surface area contributed by atoms with E-state index in [0.717, 1.165) is 11.1 Å². The van der Waals surface area contributed by atoms with Crippen molar-refractivity contribution >= 4 is 11.4 Å². The molecule has 0 aromatic heterocycles. The maximum Gasteiger partial charge on any atom is 0.161 e. The van der Waals surface area contributed by atoms with E-state index in [9.17, 15) is 4.79 Å². The summed E-state index contributed by atoms with van der Waals surface area (Å²) in [6, 6.07) is 5.72. The van der Waals surface area contributed by atoms with Crippen LogP contribution >= 0.6 is 0 Å². The Morgan fingerprint density at radius 1 is 1.12 bits per heavy atom. The lowest BCUT2D eigenvalue weighted by Gasteiger charge is -2.09. The van der Waals surface area contributed by atoms with Crippen LogP contribution in [0.25, 0.3) is 5.57 Å². The molecule has 0 bridgehead atoms. The summed E-state index contributed by atoms with van der Waals surface area (Å²) >= 11 is 0. The molecule has 0 radical (unpaired) electrons. The standard InChI is InChI=1S/C13H14O3/c1-15-12-6-4-10(8-13(12)16-2)9-3-5-11(14)7-9/h3-4,6,8H,5,7H2,1-2H3. The largest absolute Gasteiger partial charge is 0.493 e. The molecule has 0 spiro atoms. The fourth-order valence-corrected chi connectivity index (χ4v) is 1.85. The third-order valence-electron chi connectivity index (χ3n) is 2.72. The molecular weight excluding hydrogens is 204 g/mol. The van der Waals surface area contributed by atoms with Gasteiger partial charge in [-0.15, -0.1) is 0 Å². The summed E-state index contributed by atoms with van der Waals surface area (Å²) in [5.41, 5.74) is 2.11. The second kappa shape index (κ2) is 4.39. The molecule has 1 aliphatic carbocycles. The van der Waals surface area contributed by atoms with Crippen LogP contribution in [0.1, 0.15) is 18.4 Å². The number of methoxy groups -OCH3 is 2. The molecule has 2 rings (SSSR count). The molecule has 3 nitrogen and oxygen atoms in total. The van der Waals surface area contributed by atoms with E-state index in [0.29, 0.717) is 24.3 Å². The summed E-state index contributed by atoms with van der Waals surface area (Å²) < 4.78 is 10.4. The van der Waals surface area contributed by atoms with E-state index in [1.54, 1.807) is 14.2 Å². The van der Waals surface area contributed by atoms with Gasteiger partial charge in [0.05, 0.1) is 14.2 Å². The van der Waals surface area contributed by atoms with Gasteiger partial charge in [0.25, 0.3) is 0 Å². The predicted molar refractivity (Wildman–Crippen MR) is 61.8 cm³/mol. The second-order valence-corrected chi connectivity index (χ2v) is 3.72. The van der Waals surface area contributed by atoms with Gasteiger partial charge in [-0.3, -0.25) is 4.79 Å². The minimum atomic E-state index is 0.268. The monoisotopic (exact) mass is 218 g/mol. The first-order valence-corrected chi connectivity index (χ1v) is 5.17. The molecule has 0 saturated heterocycles. The number of carbonyl (C=O) groups is 1. The lowest BCUT2D eigenvalue weighted by atomic mass is 10.0. The first-order chi connectivity index (χ1) is 7.74. The van der Waals surface area contributed by atoms with Gasteiger partial charge >= 0.3 is 0 Å². The molecule has 0 amide bonds. The fourth-order valence-electron chi connectivity index (χ4n) is 1.85. The zero-order valence-corrected chi connectivity index (χ0v) is 9.45. The quantitative estimate of drug-likeness (QED) is 0.781. The van der Waals surface area contributed by atoms with Crippen molar-refractivity contribution in [2.24, 2.45) is 0 Å². The molecule has 1 aromatic carbocycles. The average molecular weight is 218 g/mol. The van der Waals surface area contributed by atoms with Crippen molar-refractivity contribution in [2.45, 2.75) is 12.8 Å². The summed E-state index contributed by atoms with van der Waals surface area (Å²) in [5.74, 6) is 1.67. The van der Waals surface area contributed by atoms with Crippen molar-refractivity contribution in [3.63, 3.8) is 0 Å². The Labute approximate surface area is 94.7 Å². The Kier molecular flexibility index (Phi) is 2.95. The maximum absolute atomic E-state index is 11.2. The van der Waals surface area contributed by atoms with Gasteiger partial charge in [-0.1, -0.05) is 12.1 Å². The molecule has 0 atom stereocenters. The van der Waals surface area contributed by atoms with Gasteiger partial charge < -0.3 is 9.47 Å². The first kappa shape index (κ1) is 10.7. The van der Waals surface area contributed by atoms with Crippen molar-refractivity contribution in [3.8, 4) is 11.5 Å². The van der Waals surface area contributed by atoms with Crippen molar-refractivity contribution in [1.82, 2.24) is 0 Å². The van der Waals surface area contributed by atoms with Crippen LogP contribution in [0.3, 0.4) is 0 Å². The summed E-state index contributed by atoms with van der Waals surface area (Å²) in [5, 5.41) is 0.